The average Bonchev–Trinajstić information content (AvgIpc) is 2.71. The lowest BCUT2D eigenvalue weighted by molar-refractivity contribution is -0.128. The SMILES string of the molecule is CCOc1cc(CC(=O)[C@@H](O)C(C)C)ccc1S(=O)(=O)/C=C/c1cccc(C(C)(C)C)c1. The molecule has 174 valence electrons. The van der Waals surface area contributed by atoms with Crippen molar-refractivity contribution in [2.24, 2.45) is 5.92 Å². The monoisotopic (exact) mass is 458 g/mol. The second-order valence-corrected chi connectivity index (χ2v) is 11.1. The number of benzene rings is 2. The fraction of sp³-hybridized carbons (Fsp3) is 0.423. The van der Waals surface area contributed by atoms with E-state index < -0.39 is 15.9 Å². The van der Waals surface area contributed by atoms with Gasteiger partial charge in [0.2, 0.25) is 9.84 Å². The number of ether oxygens (including phenoxy) is 1. The van der Waals surface area contributed by atoms with Crippen molar-refractivity contribution in [2.75, 3.05) is 6.61 Å². The Kier molecular flexibility index (Phi) is 8.43. The molecule has 2 rings (SSSR count). The zero-order valence-corrected chi connectivity index (χ0v) is 20.6. The molecule has 0 spiro atoms. The van der Waals surface area contributed by atoms with E-state index in [2.05, 4.69) is 20.8 Å². The third kappa shape index (κ3) is 6.78. The van der Waals surface area contributed by atoms with E-state index in [0.717, 1.165) is 11.1 Å². The molecule has 6 heteroatoms. The van der Waals surface area contributed by atoms with Gasteiger partial charge in [0, 0.05) is 11.8 Å². The van der Waals surface area contributed by atoms with Gasteiger partial charge in [-0.2, -0.15) is 0 Å². The number of hydrogen-bond donors (Lipinski definition) is 1. The van der Waals surface area contributed by atoms with Crippen molar-refractivity contribution in [1.29, 1.82) is 0 Å². The van der Waals surface area contributed by atoms with E-state index in [1.807, 2.05) is 24.3 Å². The van der Waals surface area contributed by atoms with E-state index in [4.69, 9.17) is 4.74 Å². The Morgan fingerprint density at radius 1 is 1.12 bits per heavy atom. The van der Waals surface area contributed by atoms with Crippen molar-refractivity contribution in [2.45, 2.75) is 64.4 Å². The lowest BCUT2D eigenvalue weighted by Gasteiger charge is -2.19. The van der Waals surface area contributed by atoms with Gasteiger partial charge in [0.1, 0.15) is 16.7 Å². The van der Waals surface area contributed by atoms with Crippen LogP contribution in [0.3, 0.4) is 0 Å². The Morgan fingerprint density at radius 2 is 1.81 bits per heavy atom. The number of aliphatic hydroxyl groups is 1. The molecule has 2 aromatic carbocycles. The minimum Gasteiger partial charge on any atom is -0.492 e. The van der Waals surface area contributed by atoms with Crippen LogP contribution < -0.4 is 4.74 Å². The molecule has 0 radical (unpaired) electrons. The predicted octanol–water partition coefficient (Wildman–Crippen LogP) is 4.96. The van der Waals surface area contributed by atoms with E-state index in [1.54, 1.807) is 39.0 Å². The van der Waals surface area contributed by atoms with E-state index in [9.17, 15) is 18.3 Å². The average molecular weight is 459 g/mol. The van der Waals surface area contributed by atoms with Crippen molar-refractivity contribution >= 4 is 21.7 Å². The highest BCUT2D eigenvalue weighted by Crippen LogP contribution is 2.29. The first-order valence-electron chi connectivity index (χ1n) is 10.9. The van der Waals surface area contributed by atoms with Crippen LogP contribution in [0.15, 0.2) is 52.8 Å². The second-order valence-electron chi connectivity index (χ2n) is 9.27. The minimum absolute atomic E-state index is 0.00911. The molecular weight excluding hydrogens is 424 g/mol. The zero-order chi connectivity index (χ0) is 24.1. The normalized spacial score (nSPS) is 13.5. The summed E-state index contributed by atoms with van der Waals surface area (Å²) in [4.78, 5) is 12.3. The van der Waals surface area contributed by atoms with Crippen LogP contribution in [0.4, 0.5) is 0 Å². The van der Waals surface area contributed by atoms with Gasteiger partial charge in [0.15, 0.2) is 5.78 Å². The summed E-state index contributed by atoms with van der Waals surface area (Å²) in [5.74, 6) is -0.294. The van der Waals surface area contributed by atoms with Crippen LogP contribution in [0.1, 0.15) is 58.2 Å². The maximum absolute atomic E-state index is 13.0. The predicted molar refractivity (Wildman–Crippen MR) is 129 cm³/mol. The van der Waals surface area contributed by atoms with Crippen LogP contribution in [0, 0.1) is 5.92 Å². The van der Waals surface area contributed by atoms with Gasteiger partial charge >= 0.3 is 0 Å². The number of Topliss-reactive ketones (excluding diaryl/α,β-unsaturated/α-hetero) is 1. The highest BCUT2D eigenvalue weighted by Gasteiger charge is 2.22. The quantitative estimate of drug-likeness (QED) is 0.575. The molecular formula is C26H34O5S. The molecule has 0 saturated heterocycles. The molecule has 32 heavy (non-hydrogen) atoms. The molecule has 0 aliphatic heterocycles. The third-order valence-electron chi connectivity index (χ3n) is 5.15. The van der Waals surface area contributed by atoms with Gasteiger partial charge in [-0.1, -0.05) is 65.0 Å². The van der Waals surface area contributed by atoms with Crippen LogP contribution in [-0.4, -0.2) is 32.0 Å². The van der Waals surface area contributed by atoms with E-state index in [-0.39, 0.29) is 40.8 Å². The molecule has 2 aromatic rings. The van der Waals surface area contributed by atoms with Crippen LogP contribution in [0.5, 0.6) is 5.75 Å². The first-order chi connectivity index (χ1) is 14.8. The molecule has 0 unspecified atom stereocenters. The standard InChI is InChI=1S/C26H34O5S/c1-7-31-23-17-20(16-22(27)25(28)18(2)3)11-12-24(23)32(29,30)14-13-19-9-8-10-21(15-19)26(4,5)6/h8-15,17-18,25,28H,7,16H2,1-6H3/b14-13+/t25-/m0/s1. The Bertz CT molecular complexity index is 1080. The number of aliphatic hydroxyl groups excluding tert-OH is 1. The maximum Gasteiger partial charge on any atom is 0.203 e. The van der Waals surface area contributed by atoms with E-state index >= 15 is 0 Å². The zero-order valence-electron chi connectivity index (χ0n) is 19.8. The highest BCUT2D eigenvalue weighted by molar-refractivity contribution is 7.94. The summed E-state index contributed by atoms with van der Waals surface area (Å²) in [5.41, 5.74) is 2.47. The van der Waals surface area contributed by atoms with Gasteiger partial charge in [-0.3, -0.25) is 4.79 Å². The number of ketones is 1. The summed E-state index contributed by atoms with van der Waals surface area (Å²) < 4.78 is 31.7. The van der Waals surface area contributed by atoms with Crippen molar-refractivity contribution in [3.8, 4) is 5.75 Å². The Hall–Kier alpha value is -2.44. The molecule has 0 amide bonds. The lowest BCUT2D eigenvalue weighted by atomic mass is 9.86. The number of hydrogen-bond acceptors (Lipinski definition) is 5. The first-order valence-corrected chi connectivity index (χ1v) is 12.4. The third-order valence-corrected chi connectivity index (χ3v) is 6.59. The summed E-state index contributed by atoms with van der Waals surface area (Å²) in [6.07, 6.45) is 0.534. The Morgan fingerprint density at radius 3 is 2.41 bits per heavy atom. The number of carbonyl (C=O) groups excluding carboxylic acids is 1. The van der Waals surface area contributed by atoms with Gasteiger partial charge in [-0.05, 0) is 53.2 Å². The summed E-state index contributed by atoms with van der Waals surface area (Å²) >= 11 is 0. The molecule has 5 nitrogen and oxygen atoms in total. The van der Waals surface area contributed by atoms with Crippen molar-refractivity contribution < 1.29 is 23.1 Å². The maximum atomic E-state index is 13.0. The van der Waals surface area contributed by atoms with Crippen LogP contribution in [0.2, 0.25) is 0 Å². The fourth-order valence-electron chi connectivity index (χ4n) is 3.19. The summed E-state index contributed by atoms with van der Waals surface area (Å²) in [6.45, 7) is 11.9. The summed E-state index contributed by atoms with van der Waals surface area (Å²) in [6, 6.07) is 12.4. The van der Waals surface area contributed by atoms with Crippen LogP contribution in [-0.2, 0) is 26.5 Å². The Labute approximate surface area is 192 Å². The molecule has 0 bridgehead atoms. The number of sulfone groups is 1. The van der Waals surface area contributed by atoms with Crippen molar-refractivity contribution in [1.82, 2.24) is 0 Å². The van der Waals surface area contributed by atoms with Crippen LogP contribution in [0.25, 0.3) is 6.08 Å². The molecule has 0 aromatic heterocycles. The van der Waals surface area contributed by atoms with Gasteiger partial charge in [-0.15, -0.1) is 0 Å². The molecule has 0 aliphatic carbocycles. The first kappa shape index (κ1) is 25.8. The van der Waals surface area contributed by atoms with Gasteiger partial charge in [-0.25, -0.2) is 8.42 Å². The Balaban J connectivity index is 2.34. The summed E-state index contributed by atoms with van der Waals surface area (Å²) in [7, 11) is -3.77. The molecule has 0 aliphatic rings. The van der Waals surface area contributed by atoms with Crippen LogP contribution >= 0.6 is 0 Å². The van der Waals surface area contributed by atoms with E-state index in [1.165, 1.54) is 11.5 Å². The minimum atomic E-state index is -3.77. The number of carbonyl (C=O) groups is 1. The fourth-order valence-corrected chi connectivity index (χ4v) is 4.33. The van der Waals surface area contributed by atoms with Crippen molar-refractivity contribution in [3.63, 3.8) is 0 Å². The molecule has 0 heterocycles. The largest absolute Gasteiger partial charge is 0.492 e. The molecule has 0 saturated carbocycles. The van der Waals surface area contributed by atoms with Gasteiger partial charge in [0.25, 0.3) is 0 Å². The highest BCUT2D eigenvalue weighted by atomic mass is 32.2. The van der Waals surface area contributed by atoms with E-state index in [0.29, 0.717) is 5.56 Å². The lowest BCUT2D eigenvalue weighted by Crippen LogP contribution is -2.27. The summed E-state index contributed by atoms with van der Waals surface area (Å²) in [5, 5.41) is 11.2. The van der Waals surface area contributed by atoms with Gasteiger partial charge < -0.3 is 9.84 Å². The molecule has 1 N–H and O–H groups in total. The van der Waals surface area contributed by atoms with Crippen molar-refractivity contribution in [3.05, 3.63) is 64.6 Å². The smallest absolute Gasteiger partial charge is 0.203 e. The second kappa shape index (κ2) is 10.5. The van der Waals surface area contributed by atoms with Gasteiger partial charge in [0.05, 0.1) is 6.61 Å². The number of rotatable bonds is 9. The topological polar surface area (TPSA) is 80.7 Å². The molecule has 0 fully saturated rings. The molecule has 1 atom stereocenters.